The molecule has 1 saturated heterocycles. The molecule has 5 rings (SSSR count). The first kappa shape index (κ1) is 31.6. The summed E-state index contributed by atoms with van der Waals surface area (Å²) in [7, 11) is 1.93. The molecule has 1 N–H and O–H groups in total. The highest BCUT2D eigenvalue weighted by Crippen LogP contribution is 2.40. The number of carbonyl (C=O) groups is 2. The second kappa shape index (κ2) is 11.9. The van der Waals surface area contributed by atoms with Crippen LogP contribution >= 0.6 is 0 Å². The maximum Gasteiger partial charge on any atom is 0.417 e. The van der Waals surface area contributed by atoms with Gasteiger partial charge in [-0.2, -0.15) is 13.2 Å². The molecule has 2 amide bonds. The number of alkyl halides is 5. The summed E-state index contributed by atoms with van der Waals surface area (Å²) in [6, 6.07) is 4.37. The van der Waals surface area contributed by atoms with Crippen LogP contribution in [0.15, 0.2) is 36.4 Å². The Morgan fingerprint density at radius 3 is 2.39 bits per heavy atom. The Balaban J connectivity index is 1.42. The number of carbonyl (C=O) groups excluding carboxylic acids is 2. The number of anilines is 2. The largest absolute Gasteiger partial charge is 0.446 e. The first-order valence-corrected chi connectivity index (χ1v) is 14.1. The van der Waals surface area contributed by atoms with Crippen molar-refractivity contribution in [2.24, 2.45) is 0 Å². The van der Waals surface area contributed by atoms with Crippen molar-refractivity contribution in [2.45, 2.75) is 50.4 Å². The summed E-state index contributed by atoms with van der Waals surface area (Å²) in [5.41, 5.74) is -1.35. The number of amides is 2. The third kappa shape index (κ3) is 6.79. The lowest BCUT2D eigenvalue weighted by Gasteiger charge is -2.40. The van der Waals surface area contributed by atoms with Gasteiger partial charge in [0.2, 0.25) is 0 Å². The number of hydrogen-bond donors (Lipinski definition) is 1. The quantitative estimate of drug-likeness (QED) is 0.389. The Morgan fingerprint density at radius 2 is 1.77 bits per heavy atom. The molecule has 0 spiro atoms. The summed E-state index contributed by atoms with van der Waals surface area (Å²) in [5.74, 6) is -5.78. The van der Waals surface area contributed by atoms with Gasteiger partial charge in [0.05, 0.1) is 22.5 Å². The topological polar surface area (TPSA) is 65.1 Å². The third-order valence-electron chi connectivity index (χ3n) is 8.30. The van der Waals surface area contributed by atoms with Crippen molar-refractivity contribution in [3.8, 4) is 0 Å². The third-order valence-corrected chi connectivity index (χ3v) is 8.30. The summed E-state index contributed by atoms with van der Waals surface area (Å²) < 4.78 is 102. The zero-order valence-electron chi connectivity index (χ0n) is 24.0. The fourth-order valence-corrected chi connectivity index (χ4v) is 5.56. The maximum atomic E-state index is 15.7. The minimum atomic E-state index is -5.00. The predicted molar refractivity (Wildman–Crippen MR) is 149 cm³/mol. The Morgan fingerprint density at radius 1 is 1.05 bits per heavy atom. The molecule has 2 aromatic carbocycles. The Labute approximate surface area is 249 Å². The number of nitrogens with one attached hydrogen (secondary N) is 1. The molecule has 2 heterocycles. The maximum absolute atomic E-state index is 15.7. The van der Waals surface area contributed by atoms with Crippen LogP contribution in [-0.4, -0.2) is 79.6 Å². The fourth-order valence-electron chi connectivity index (χ4n) is 5.56. The van der Waals surface area contributed by atoms with Crippen molar-refractivity contribution >= 4 is 28.9 Å². The van der Waals surface area contributed by atoms with Crippen molar-refractivity contribution < 1.29 is 45.1 Å². The van der Waals surface area contributed by atoms with Crippen LogP contribution in [-0.2, 0) is 10.9 Å². The predicted octanol–water partition coefficient (Wildman–Crippen LogP) is 6.40. The summed E-state index contributed by atoms with van der Waals surface area (Å²) in [4.78, 5) is 30.9. The first-order chi connectivity index (χ1) is 20.6. The number of benzene rings is 2. The van der Waals surface area contributed by atoms with Crippen molar-refractivity contribution in [1.29, 1.82) is 0 Å². The number of ether oxygens (including phenoxy) is 1. The van der Waals surface area contributed by atoms with Crippen molar-refractivity contribution in [3.05, 3.63) is 64.7 Å². The summed E-state index contributed by atoms with van der Waals surface area (Å²) in [6.45, 7) is 3.61. The molecule has 1 atom stereocenters. The molecule has 2 aliphatic heterocycles. The molecule has 1 saturated carbocycles. The SMILES string of the molecule is C[C@H]1CN(c2cc(F)c(C3=CCN(C(=O)OC4CC(F)(F)C4)CC3)cc2NC(=O)c2ccc(F)cc2C(F)(F)F)CCN1C. The van der Waals surface area contributed by atoms with E-state index in [1.807, 2.05) is 18.9 Å². The van der Waals surface area contributed by atoms with Gasteiger partial charge >= 0.3 is 12.3 Å². The summed E-state index contributed by atoms with van der Waals surface area (Å²) in [5, 5.41) is 2.50. The zero-order valence-corrected chi connectivity index (χ0v) is 24.0. The van der Waals surface area contributed by atoms with Crippen LogP contribution < -0.4 is 10.2 Å². The van der Waals surface area contributed by atoms with Crippen LogP contribution in [0.3, 0.4) is 0 Å². The van der Waals surface area contributed by atoms with Crippen molar-refractivity contribution in [2.75, 3.05) is 50.0 Å². The molecule has 0 aromatic heterocycles. The van der Waals surface area contributed by atoms with Gasteiger partial charge < -0.3 is 24.8 Å². The minimum Gasteiger partial charge on any atom is -0.446 e. The number of nitrogens with zero attached hydrogens (tertiary/aromatic N) is 3. The van der Waals surface area contributed by atoms with Gasteiger partial charge in [-0.25, -0.2) is 22.4 Å². The van der Waals surface area contributed by atoms with E-state index in [9.17, 15) is 35.9 Å². The molecule has 2 aromatic rings. The van der Waals surface area contributed by atoms with Crippen LogP contribution in [0.1, 0.15) is 47.7 Å². The van der Waals surface area contributed by atoms with Gasteiger partial charge in [0, 0.05) is 57.2 Å². The van der Waals surface area contributed by atoms with E-state index in [-0.39, 0.29) is 48.6 Å². The lowest BCUT2D eigenvalue weighted by molar-refractivity contribution is -0.147. The van der Waals surface area contributed by atoms with Gasteiger partial charge in [-0.3, -0.25) is 4.79 Å². The van der Waals surface area contributed by atoms with Crippen LogP contribution in [0.2, 0.25) is 0 Å². The lowest BCUT2D eigenvalue weighted by Crippen LogP contribution is -2.50. The highest BCUT2D eigenvalue weighted by atomic mass is 19.4. The fraction of sp³-hybridized carbons (Fsp3) is 0.467. The average Bonchev–Trinajstić information content (AvgIpc) is 2.94. The van der Waals surface area contributed by atoms with Gasteiger partial charge in [-0.05, 0) is 56.3 Å². The average molecular weight is 629 g/mol. The van der Waals surface area contributed by atoms with Crippen LogP contribution in [0, 0.1) is 11.6 Å². The monoisotopic (exact) mass is 628 g/mol. The van der Waals surface area contributed by atoms with Crippen LogP contribution in [0.4, 0.5) is 46.9 Å². The van der Waals surface area contributed by atoms with Gasteiger partial charge in [0.25, 0.3) is 11.8 Å². The smallest absolute Gasteiger partial charge is 0.417 e. The van der Waals surface area contributed by atoms with E-state index >= 15 is 4.39 Å². The number of rotatable bonds is 5. The van der Waals surface area contributed by atoms with E-state index in [4.69, 9.17) is 4.74 Å². The Bertz CT molecular complexity index is 1470. The van der Waals surface area contributed by atoms with Crippen LogP contribution in [0.5, 0.6) is 0 Å². The zero-order chi connectivity index (χ0) is 32.0. The van der Waals surface area contributed by atoms with Crippen molar-refractivity contribution in [3.63, 3.8) is 0 Å². The molecule has 14 heteroatoms. The first-order valence-electron chi connectivity index (χ1n) is 14.1. The molecular weight excluding hydrogens is 597 g/mol. The number of piperazine rings is 1. The molecule has 0 bridgehead atoms. The van der Waals surface area contributed by atoms with Gasteiger partial charge in [0.15, 0.2) is 0 Å². The van der Waals surface area contributed by atoms with Gasteiger partial charge in [-0.1, -0.05) is 6.08 Å². The van der Waals surface area contributed by atoms with Crippen LogP contribution in [0.25, 0.3) is 5.57 Å². The lowest BCUT2D eigenvalue weighted by atomic mass is 9.91. The molecule has 1 aliphatic carbocycles. The molecule has 0 radical (unpaired) electrons. The standard InChI is InChI=1S/C30H31F7N4O3/c1-17-16-41(10-9-39(17)2)26-13-24(32)22(18-5-7-40(8-6-18)28(43)44-20-14-29(33,34)15-20)12-25(26)38-27(42)21-4-3-19(31)11-23(21)30(35,36)37/h3-5,11-13,17,20H,6-10,14-16H2,1-2H3,(H,38,42)/t17-/m0/s1. The number of halogens is 7. The molecular formula is C30H31F7N4O3. The molecule has 44 heavy (non-hydrogen) atoms. The summed E-state index contributed by atoms with van der Waals surface area (Å²) >= 11 is 0. The normalized spacial score (nSPS) is 21.0. The van der Waals surface area contributed by atoms with E-state index in [2.05, 4.69) is 10.2 Å². The highest BCUT2D eigenvalue weighted by molar-refractivity contribution is 6.07. The number of hydrogen-bond acceptors (Lipinski definition) is 5. The van der Waals surface area contributed by atoms with E-state index in [1.165, 1.54) is 17.0 Å². The molecule has 0 unspecified atom stereocenters. The molecule has 238 valence electrons. The molecule has 3 aliphatic rings. The van der Waals surface area contributed by atoms with E-state index in [1.54, 1.807) is 6.08 Å². The van der Waals surface area contributed by atoms with Crippen molar-refractivity contribution in [1.82, 2.24) is 9.80 Å². The number of likely N-dealkylation sites (N-methyl/N-ethyl adjacent to an activating group) is 1. The van der Waals surface area contributed by atoms with E-state index in [0.29, 0.717) is 25.2 Å². The molecule has 2 fully saturated rings. The second-order valence-corrected chi connectivity index (χ2v) is 11.5. The Hall–Kier alpha value is -3.81. The minimum absolute atomic E-state index is 0.0145. The Kier molecular flexibility index (Phi) is 8.58. The van der Waals surface area contributed by atoms with E-state index < -0.39 is 65.8 Å². The second-order valence-electron chi connectivity index (χ2n) is 11.5. The summed E-state index contributed by atoms with van der Waals surface area (Å²) in [6.07, 6.45) is -5.95. The molecule has 7 nitrogen and oxygen atoms in total. The van der Waals surface area contributed by atoms with Gasteiger partial charge in [0.1, 0.15) is 17.7 Å². The highest BCUT2D eigenvalue weighted by Gasteiger charge is 2.48. The van der Waals surface area contributed by atoms with E-state index in [0.717, 1.165) is 12.1 Å². The van der Waals surface area contributed by atoms with Gasteiger partial charge in [-0.15, -0.1) is 0 Å².